The average molecular weight is 366 g/mol. The summed E-state index contributed by atoms with van der Waals surface area (Å²) in [7, 11) is 0. The molecule has 0 heterocycles. The van der Waals surface area contributed by atoms with E-state index >= 15 is 0 Å². The second-order valence-electron chi connectivity index (χ2n) is 10.0. The fourth-order valence-corrected chi connectivity index (χ4v) is 4.42. The van der Waals surface area contributed by atoms with Gasteiger partial charge in [-0.15, -0.1) is 0 Å². The van der Waals surface area contributed by atoms with Gasteiger partial charge in [-0.1, -0.05) is 53.7 Å². The Balaban J connectivity index is 2.40. The van der Waals surface area contributed by atoms with Crippen LogP contribution in [-0.4, -0.2) is 34.4 Å². The van der Waals surface area contributed by atoms with Crippen molar-refractivity contribution in [1.82, 2.24) is 0 Å². The SMILES string of the molecule is CC(C)(C)C(O)C(C(=O)O)(C(=O)OC1CCC2C=CC1CC2)C(C)(C)C. The number of ether oxygens (including phenoxy) is 1. The maximum atomic E-state index is 13.3. The van der Waals surface area contributed by atoms with Crippen molar-refractivity contribution in [3.63, 3.8) is 0 Å². The molecule has 148 valence electrons. The molecule has 0 aromatic heterocycles. The molecule has 3 aliphatic rings. The summed E-state index contributed by atoms with van der Waals surface area (Å²) in [6, 6.07) is 0. The molecule has 2 N–H and O–H groups in total. The number of hydrogen-bond donors (Lipinski definition) is 2. The van der Waals surface area contributed by atoms with Gasteiger partial charge >= 0.3 is 11.9 Å². The third-order valence-electron chi connectivity index (χ3n) is 6.13. The Morgan fingerprint density at radius 2 is 1.58 bits per heavy atom. The second-order valence-corrected chi connectivity index (χ2v) is 10.0. The van der Waals surface area contributed by atoms with E-state index in [0.29, 0.717) is 5.92 Å². The lowest BCUT2D eigenvalue weighted by Gasteiger charge is -2.47. The highest BCUT2D eigenvalue weighted by atomic mass is 16.5. The summed E-state index contributed by atoms with van der Waals surface area (Å²) in [6.07, 6.45) is 6.33. The first-order chi connectivity index (χ1) is 11.8. The van der Waals surface area contributed by atoms with E-state index < -0.39 is 34.3 Å². The van der Waals surface area contributed by atoms with Crippen molar-refractivity contribution < 1.29 is 24.5 Å². The highest BCUT2D eigenvalue weighted by Gasteiger charge is 2.64. The number of allylic oxidation sites excluding steroid dienone is 1. The lowest BCUT2D eigenvalue weighted by molar-refractivity contribution is -0.203. The van der Waals surface area contributed by atoms with Gasteiger partial charge in [0.25, 0.3) is 0 Å². The third kappa shape index (κ3) is 3.55. The number of aliphatic hydroxyl groups excluding tert-OH is 1. The summed E-state index contributed by atoms with van der Waals surface area (Å²) in [5.74, 6) is -1.48. The predicted molar refractivity (Wildman–Crippen MR) is 99.5 cm³/mol. The molecule has 0 radical (unpaired) electrons. The number of carboxylic acid groups (broad SMARTS) is 1. The van der Waals surface area contributed by atoms with Crippen molar-refractivity contribution in [2.75, 3.05) is 0 Å². The van der Waals surface area contributed by atoms with Crippen molar-refractivity contribution in [1.29, 1.82) is 0 Å². The van der Waals surface area contributed by atoms with Crippen LogP contribution >= 0.6 is 0 Å². The third-order valence-corrected chi connectivity index (χ3v) is 6.13. The number of carbonyl (C=O) groups excluding carboxylic acids is 1. The lowest BCUT2D eigenvalue weighted by Crippen LogP contribution is -2.62. The van der Waals surface area contributed by atoms with Gasteiger partial charge in [0.05, 0.1) is 6.10 Å². The minimum absolute atomic E-state index is 0.135. The molecule has 1 saturated carbocycles. The first-order valence-electron chi connectivity index (χ1n) is 9.62. The van der Waals surface area contributed by atoms with E-state index in [9.17, 15) is 19.8 Å². The number of rotatable bonds is 4. The number of aliphatic hydroxyl groups is 1. The molecule has 0 saturated heterocycles. The van der Waals surface area contributed by atoms with Crippen LogP contribution in [0, 0.1) is 28.1 Å². The smallest absolute Gasteiger partial charge is 0.327 e. The fourth-order valence-electron chi connectivity index (χ4n) is 4.42. The van der Waals surface area contributed by atoms with Gasteiger partial charge in [-0.25, -0.2) is 0 Å². The molecule has 26 heavy (non-hydrogen) atoms. The predicted octanol–water partition coefficient (Wildman–Crippen LogP) is 3.80. The van der Waals surface area contributed by atoms with Crippen LogP contribution in [0.2, 0.25) is 0 Å². The summed E-state index contributed by atoms with van der Waals surface area (Å²) in [4.78, 5) is 25.7. The van der Waals surface area contributed by atoms with E-state index in [1.807, 2.05) is 0 Å². The molecule has 1 fully saturated rings. The Bertz CT molecular complexity index is 580. The number of hydrogen-bond acceptors (Lipinski definition) is 4. The molecule has 0 amide bonds. The molecule has 5 unspecified atom stereocenters. The highest BCUT2D eigenvalue weighted by molar-refractivity contribution is 6.01. The van der Waals surface area contributed by atoms with E-state index in [2.05, 4.69) is 12.2 Å². The van der Waals surface area contributed by atoms with Gasteiger partial charge in [-0.2, -0.15) is 0 Å². The number of esters is 1. The highest BCUT2D eigenvalue weighted by Crippen LogP contribution is 2.49. The average Bonchev–Trinajstić information content (AvgIpc) is 2.78. The maximum Gasteiger partial charge on any atom is 0.327 e. The van der Waals surface area contributed by atoms with Crippen molar-refractivity contribution in [3.05, 3.63) is 12.2 Å². The second kappa shape index (κ2) is 6.99. The Kier molecular flexibility index (Phi) is 5.63. The Morgan fingerprint density at radius 3 is 2.00 bits per heavy atom. The zero-order chi connectivity index (χ0) is 19.9. The zero-order valence-corrected chi connectivity index (χ0v) is 16.9. The van der Waals surface area contributed by atoms with Crippen LogP contribution in [0.4, 0.5) is 0 Å². The van der Waals surface area contributed by atoms with Gasteiger partial charge in [0.2, 0.25) is 0 Å². The van der Waals surface area contributed by atoms with Gasteiger partial charge in [0, 0.05) is 5.92 Å². The van der Waals surface area contributed by atoms with Crippen LogP contribution in [0.15, 0.2) is 12.2 Å². The molecular weight excluding hydrogens is 332 g/mol. The minimum Gasteiger partial charge on any atom is -0.480 e. The van der Waals surface area contributed by atoms with Crippen LogP contribution in [-0.2, 0) is 14.3 Å². The largest absolute Gasteiger partial charge is 0.480 e. The molecule has 5 nitrogen and oxygen atoms in total. The maximum absolute atomic E-state index is 13.3. The molecule has 3 aliphatic carbocycles. The Hall–Kier alpha value is -1.36. The fraction of sp³-hybridized carbons (Fsp3) is 0.810. The summed E-state index contributed by atoms with van der Waals surface area (Å²) in [5, 5.41) is 21.1. The Labute approximate surface area is 156 Å². The summed E-state index contributed by atoms with van der Waals surface area (Å²) < 4.78 is 5.84. The Morgan fingerprint density at radius 1 is 1.00 bits per heavy atom. The standard InChI is InChI=1S/C21H34O5/c1-19(2,3)16(22)21(17(23)24,20(4,5)6)18(25)26-15-12-9-13-7-10-14(15)11-8-13/h7,10,13-16,22H,8-9,11-12H2,1-6H3,(H,23,24). The summed E-state index contributed by atoms with van der Waals surface area (Å²) >= 11 is 0. The van der Waals surface area contributed by atoms with Crippen LogP contribution in [0.1, 0.15) is 67.2 Å². The molecular formula is C21H34O5. The first kappa shape index (κ1) is 20.9. The van der Waals surface area contributed by atoms with Gasteiger partial charge in [-0.05, 0) is 42.4 Å². The van der Waals surface area contributed by atoms with Crippen LogP contribution < -0.4 is 0 Å². The summed E-state index contributed by atoms with van der Waals surface area (Å²) in [6.45, 7) is 10.3. The molecule has 0 aliphatic heterocycles. The lowest BCUT2D eigenvalue weighted by atomic mass is 9.58. The molecule has 0 aromatic carbocycles. The van der Waals surface area contributed by atoms with E-state index in [0.717, 1.165) is 25.7 Å². The van der Waals surface area contributed by atoms with Crippen LogP contribution in [0.25, 0.3) is 0 Å². The number of aliphatic carboxylic acids is 1. The summed E-state index contributed by atoms with van der Waals surface area (Å²) in [5.41, 5.74) is -3.83. The van der Waals surface area contributed by atoms with Crippen LogP contribution in [0.5, 0.6) is 0 Å². The quantitative estimate of drug-likeness (QED) is 0.449. The minimum atomic E-state index is -2.03. The van der Waals surface area contributed by atoms with Gasteiger partial charge < -0.3 is 14.9 Å². The van der Waals surface area contributed by atoms with Gasteiger partial charge in [0.1, 0.15) is 6.10 Å². The van der Waals surface area contributed by atoms with E-state index in [-0.39, 0.29) is 12.0 Å². The molecule has 0 spiro atoms. The van der Waals surface area contributed by atoms with E-state index in [4.69, 9.17) is 4.74 Å². The molecule has 0 aromatic rings. The van der Waals surface area contributed by atoms with E-state index in [1.54, 1.807) is 41.5 Å². The van der Waals surface area contributed by atoms with Crippen molar-refractivity contribution in [3.8, 4) is 0 Å². The van der Waals surface area contributed by atoms with Crippen molar-refractivity contribution in [2.24, 2.45) is 28.1 Å². The van der Waals surface area contributed by atoms with Gasteiger partial charge in [0.15, 0.2) is 5.41 Å². The number of carboxylic acids is 1. The van der Waals surface area contributed by atoms with Crippen molar-refractivity contribution >= 4 is 11.9 Å². The zero-order valence-electron chi connectivity index (χ0n) is 16.9. The van der Waals surface area contributed by atoms with E-state index in [1.165, 1.54) is 0 Å². The molecule has 5 heteroatoms. The monoisotopic (exact) mass is 366 g/mol. The molecule has 2 bridgehead atoms. The number of fused-ring (bicyclic) bond motifs is 3. The molecule has 5 atom stereocenters. The van der Waals surface area contributed by atoms with Gasteiger partial charge in [-0.3, -0.25) is 9.59 Å². The number of carbonyl (C=O) groups is 2. The van der Waals surface area contributed by atoms with Crippen LogP contribution in [0.3, 0.4) is 0 Å². The van der Waals surface area contributed by atoms with Crippen molar-refractivity contribution in [2.45, 2.75) is 79.4 Å². The first-order valence-corrected chi connectivity index (χ1v) is 9.62. The topological polar surface area (TPSA) is 83.8 Å². The molecule has 3 rings (SSSR count). The normalized spacial score (nSPS) is 29.6.